The Kier molecular flexibility index (Phi) is 6.91. The highest BCUT2D eigenvalue weighted by Gasteiger charge is 2.09. The number of carbonyl (C=O) groups is 1. The SMILES string of the molecule is CN(CCOc1ccc(Cl)cc1)C(=O)COCc1ccccc1. The third-order valence-electron chi connectivity index (χ3n) is 3.27. The summed E-state index contributed by atoms with van der Waals surface area (Å²) in [4.78, 5) is 13.5. The van der Waals surface area contributed by atoms with Crippen molar-refractivity contribution in [3.8, 4) is 5.75 Å². The van der Waals surface area contributed by atoms with Crippen LogP contribution in [0.3, 0.4) is 0 Å². The van der Waals surface area contributed by atoms with Crippen LogP contribution in [0.15, 0.2) is 54.6 Å². The predicted octanol–water partition coefficient (Wildman–Crippen LogP) is 3.39. The molecule has 0 atom stereocenters. The minimum Gasteiger partial charge on any atom is -0.492 e. The molecule has 0 aliphatic carbocycles. The first-order valence-corrected chi connectivity index (χ1v) is 7.77. The van der Waals surface area contributed by atoms with E-state index in [0.717, 1.165) is 11.3 Å². The molecular weight excluding hydrogens is 314 g/mol. The largest absolute Gasteiger partial charge is 0.492 e. The summed E-state index contributed by atoms with van der Waals surface area (Å²) in [5.41, 5.74) is 1.05. The van der Waals surface area contributed by atoms with Gasteiger partial charge in [-0.2, -0.15) is 0 Å². The van der Waals surface area contributed by atoms with Crippen molar-refractivity contribution in [3.05, 3.63) is 65.2 Å². The molecule has 0 unspecified atom stereocenters. The smallest absolute Gasteiger partial charge is 0.248 e. The van der Waals surface area contributed by atoms with E-state index in [1.807, 2.05) is 30.3 Å². The number of amides is 1. The van der Waals surface area contributed by atoms with Gasteiger partial charge in [0.1, 0.15) is 19.0 Å². The molecule has 122 valence electrons. The Hall–Kier alpha value is -2.04. The van der Waals surface area contributed by atoms with Gasteiger partial charge in [-0.1, -0.05) is 41.9 Å². The Morgan fingerprint density at radius 3 is 2.48 bits per heavy atom. The molecule has 0 aliphatic heterocycles. The van der Waals surface area contributed by atoms with E-state index in [-0.39, 0.29) is 12.5 Å². The minimum atomic E-state index is -0.0689. The van der Waals surface area contributed by atoms with E-state index in [9.17, 15) is 4.79 Å². The van der Waals surface area contributed by atoms with Crippen LogP contribution in [0, 0.1) is 0 Å². The van der Waals surface area contributed by atoms with Crippen LogP contribution in [0.1, 0.15) is 5.56 Å². The van der Waals surface area contributed by atoms with Crippen molar-refractivity contribution in [3.63, 3.8) is 0 Å². The Labute approximate surface area is 141 Å². The molecule has 0 spiro atoms. The maximum atomic E-state index is 11.9. The fourth-order valence-electron chi connectivity index (χ4n) is 1.90. The number of ether oxygens (including phenoxy) is 2. The quantitative estimate of drug-likeness (QED) is 0.743. The highest BCUT2D eigenvalue weighted by molar-refractivity contribution is 6.30. The fraction of sp³-hybridized carbons (Fsp3) is 0.278. The van der Waals surface area contributed by atoms with E-state index in [2.05, 4.69) is 0 Å². The third-order valence-corrected chi connectivity index (χ3v) is 3.52. The number of halogens is 1. The van der Waals surface area contributed by atoms with E-state index in [0.29, 0.717) is 24.8 Å². The van der Waals surface area contributed by atoms with Crippen LogP contribution in [-0.4, -0.2) is 37.6 Å². The molecule has 0 fully saturated rings. The number of carbonyl (C=O) groups excluding carboxylic acids is 1. The van der Waals surface area contributed by atoms with E-state index in [1.54, 1.807) is 36.2 Å². The maximum absolute atomic E-state index is 11.9. The van der Waals surface area contributed by atoms with Gasteiger partial charge >= 0.3 is 0 Å². The van der Waals surface area contributed by atoms with E-state index < -0.39 is 0 Å². The molecule has 2 aromatic carbocycles. The summed E-state index contributed by atoms with van der Waals surface area (Å²) in [5, 5.41) is 0.667. The first-order valence-electron chi connectivity index (χ1n) is 7.39. The number of likely N-dealkylation sites (N-methyl/N-ethyl adjacent to an activating group) is 1. The Balaban J connectivity index is 1.63. The average molecular weight is 334 g/mol. The molecule has 0 aromatic heterocycles. The lowest BCUT2D eigenvalue weighted by molar-refractivity contribution is -0.135. The van der Waals surface area contributed by atoms with Crippen molar-refractivity contribution in [1.82, 2.24) is 4.90 Å². The van der Waals surface area contributed by atoms with Crippen molar-refractivity contribution < 1.29 is 14.3 Å². The van der Waals surface area contributed by atoms with Gasteiger partial charge in [-0.25, -0.2) is 0 Å². The summed E-state index contributed by atoms with van der Waals surface area (Å²) in [7, 11) is 1.74. The second-order valence-corrected chi connectivity index (χ2v) is 5.53. The highest BCUT2D eigenvalue weighted by Crippen LogP contribution is 2.15. The number of nitrogens with zero attached hydrogens (tertiary/aromatic N) is 1. The molecule has 2 aromatic rings. The third kappa shape index (κ3) is 6.30. The van der Waals surface area contributed by atoms with Crippen LogP contribution in [0.5, 0.6) is 5.75 Å². The van der Waals surface area contributed by atoms with Gasteiger partial charge in [-0.3, -0.25) is 4.79 Å². The van der Waals surface area contributed by atoms with Gasteiger partial charge in [0.25, 0.3) is 0 Å². The molecular formula is C18H20ClNO3. The van der Waals surface area contributed by atoms with E-state index in [4.69, 9.17) is 21.1 Å². The summed E-state index contributed by atoms with van der Waals surface area (Å²) in [6, 6.07) is 16.9. The lowest BCUT2D eigenvalue weighted by Gasteiger charge is -2.17. The van der Waals surface area contributed by atoms with Crippen LogP contribution < -0.4 is 4.74 Å². The molecule has 23 heavy (non-hydrogen) atoms. The van der Waals surface area contributed by atoms with Gasteiger partial charge in [-0.05, 0) is 29.8 Å². The molecule has 5 heteroatoms. The molecule has 0 aliphatic rings. The molecule has 0 saturated heterocycles. The van der Waals surface area contributed by atoms with E-state index >= 15 is 0 Å². The van der Waals surface area contributed by atoms with Gasteiger partial charge in [0, 0.05) is 12.1 Å². The lowest BCUT2D eigenvalue weighted by atomic mass is 10.2. The van der Waals surface area contributed by atoms with Crippen molar-refractivity contribution in [2.45, 2.75) is 6.61 Å². The van der Waals surface area contributed by atoms with Gasteiger partial charge < -0.3 is 14.4 Å². The number of rotatable bonds is 8. The van der Waals surface area contributed by atoms with Crippen LogP contribution in [0.2, 0.25) is 5.02 Å². The second kappa shape index (κ2) is 9.18. The van der Waals surface area contributed by atoms with E-state index in [1.165, 1.54) is 0 Å². The van der Waals surface area contributed by atoms with Crippen LogP contribution in [0.4, 0.5) is 0 Å². The first-order chi connectivity index (χ1) is 11.1. The lowest BCUT2D eigenvalue weighted by Crippen LogP contribution is -2.33. The monoisotopic (exact) mass is 333 g/mol. The standard InChI is InChI=1S/C18H20ClNO3/c1-20(11-12-23-17-9-7-16(19)8-10-17)18(21)14-22-13-15-5-3-2-4-6-15/h2-10H,11-14H2,1H3. The van der Waals surface area contributed by atoms with Gasteiger partial charge in [0.2, 0.25) is 5.91 Å². The molecule has 2 rings (SSSR count). The second-order valence-electron chi connectivity index (χ2n) is 5.10. The number of hydrogen-bond donors (Lipinski definition) is 0. The zero-order valence-corrected chi connectivity index (χ0v) is 13.8. The van der Waals surface area contributed by atoms with Gasteiger partial charge in [0.15, 0.2) is 0 Å². The van der Waals surface area contributed by atoms with Crippen molar-refractivity contribution >= 4 is 17.5 Å². The molecule has 0 bridgehead atoms. The van der Waals surface area contributed by atoms with Crippen molar-refractivity contribution in [2.24, 2.45) is 0 Å². The minimum absolute atomic E-state index is 0.0618. The zero-order chi connectivity index (χ0) is 16.5. The molecule has 0 heterocycles. The molecule has 4 nitrogen and oxygen atoms in total. The number of hydrogen-bond acceptors (Lipinski definition) is 3. The summed E-state index contributed by atoms with van der Waals surface area (Å²) in [6.07, 6.45) is 0. The predicted molar refractivity (Wildman–Crippen MR) is 90.7 cm³/mol. The molecule has 0 N–H and O–H groups in total. The van der Waals surface area contributed by atoms with Crippen molar-refractivity contribution in [1.29, 1.82) is 0 Å². The average Bonchev–Trinajstić information content (AvgIpc) is 2.57. The zero-order valence-electron chi connectivity index (χ0n) is 13.1. The summed E-state index contributed by atoms with van der Waals surface area (Å²) >= 11 is 5.81. The Morgan fingerprint density at radius 1 is 1.09 bits per heavy atom. The molecule has 1 amide bonds. The number of benzene rings is 2. The normalized spacial score (nSPS) is 10.3. The van der Waals surface area contributed by atoms with Crippen LogP contribution in [-0.2, 0) is 16.1 Å². The Morgan fingerprint density at radius 2 is 1.78 bits per heavy atom. The van der Waals surface area contributed by atoms with Crippen LogP contribution in [0.25, 0.3) is 0 Å². The van der Waals surface area contributed by atoms with Crippen LogP contribution >= 0.6 is 11.6 Å². The topological polar surface area (TPSA) is 38.8 Å². The summed E-state index contributed by atoms with van der Waals surface area (Å²) in [6.45, 7) is 1.41. The summed E-state index contributed by atoms with van der Waals surface area (Å²) < 4.78 is 11.0. The van der Waals surface area contributed by atoms with Gasteiger partial charge in [0.05, 0.1) is 13.2 Å². The fourth-order valence-corrected chi connectivity index (χ4v) is 2.02. The highest BCUT2D eigenvalue weighted by atomic mass is 35.5. The molecule has 0 radical (unpaired) electrons. The van der Waals surface area contributed by atoms with Gasteiger partial charge in [-0.15, -0.1) is 0 Å². The summed E-state index contributed by atoms with van der Waals surface area (Å²) in [5.74, 6) is 0.663. The maximum Gasteiger partial charge on any atom is 0.248 e. The Bertz CT molecular complexity index is 601. The van der Waals surface area contributed by atoms with Crippen molar-refractivity contribution in [2.75, 3.05) is 26.8 Å². The molecule has 0 saturated carbocycles. The first kappa shape index (κ1) is 17.3.